The smallest absolute Gasteiger partial charge is 0.328 e. The average molecular weight is 267 g/mol. The van der Waals surface area contributed by atoms with Gasteiger partial charge in [0, 0.05) is 10.6 Å². The van der Waals surface area contributed by atoms with E-state index in [1.807, 2.05) is 30.5 Å². The molecule has 1 atom stereocenters. The third kappa shape index (κ3) is 4.61. The van der Waals surface area contributed by atoms with E-state index in [-0.39, 0.29) is 12.0 Å². The first-order valence-electron chi connectivity index (χ1n) is 6.19. The van der Waals surface area contributed by atoms with Gasteiger partial charge in [-0.1, -0.05) is 19.8 Å². The Hall–Kier alpha value is -1.16. The Kier molecular flexibility index (Phi) is 6.65. The molecule has 0 saturated heterocycles. The maximum atomic E-state index is 11.7. The average Bonchev–Trinajstić information content (AvgIpc) is 2.43. The van der Waals surface area contributed by atoms with E-state index in [1.165, 1.54) is 12.0 Å². The van der Waals surface area contributed by atoms with Crippen molar-refractivity contribution >= 4 is 23.4 Å². The lowest BCUT2D eigenvalue weighted by Crippen LogP contribution is -2.30. The van der Waals surface area contributed by atoms with Crippen LogP contribution in [0.15, 0.2) is 29.2 Å². The van der Waals surface area contributed by atoms with Gasteiger partial charge in [-0.05, 0) is 36.9 Å². The van der Waals surface area contributed by atoms with E-state index in [4.69, 9.17) is 4.74 Å². The van der Waals surface area contributed by atoms with Crippen LogP contribution in [-0.2, 0) is 9.53 Å². The normalized spacial score (nSPS) is 11.9. The van der Waals surface area contributed by atoms with Crippen molar-refractivity contribution in [3.63, 3.8) is 0 Å². The monoisotopic (exact) mass is 267 g/mol. The number of unbranched alkanes of at least 4 members (excludes halogenated alkanes) is 1. The summed E-state index contributed by atoms with van der Waals surface area (Å²) in [7, 11) is 1.43. The minimum absolute atomic E-state index is 0.197. The maximum Gasteiger partial charge on any atom is 0.328 e. The van der Waals surface area contributed by atoms with Gasteiger partial charge in [0.25, 0.3) is 0 Å². The van der Waals surface area contributed by atoms with Crippen LogP contribution >= 0.6 is 11.8 Å². The second kappa shape index (κ2) is 8.03. The van der Waals surface area contributed by atoms with E-state index in [0.717, 1.165) is 24.9 Å². The molecule has 0 amide bonds. The number of ether oxygens (including phenoxy) is 1. The third-order valence-electron chi connectivity index (χ3n) is 2.76. The van der Waals surface area contributed by atoms with Gasteiger partial charge in [-0.25, -0.2) is 4.79 Å². The van der Waals surface area contributed by atoms with Crippen molar-refractivity contribution < 1.29 is 9.53 Å². The van der Waals surface area contributed by atoms with Crippen molar-refractivity contribution in [2.24, 2.45) is 0 Å². The summed E-state index contributed by atoms with van der Waals surface area (Å²) in [6, 6.07) is 7.82. The van der Waals surface area contributed by atoms with Gasteiger partial charge in [0.2, 0.25) is 0 Å². The van der Waals surface area contributed by atoms with Crippen LogP contribution in [0.3, 0.4) is 0 Å². The minimum Gasteiger partial charge on any atom is -0.467 e. The lowest BCUT2D eigenvalue weighted by Gasteiger charge is -2.17. The molecule has 0 fully saturated rings. The molecule has 0 spiro atoms. The zero-order chi connectivity index (χ0) is 13.4. The first kappa shape index (κ1) is 14.9. The largest absolute Gasteiger partial charge is 0.467 e. The van der Waals surface area contributed by atoms with Gasteiger partial charge in [0.1, 0.15) is 6.04 Å². The van der Waals surface area contributed by atoms with Crippen molar-refractivity contribution in [3.05, 3.63) is 24.3 Å². The summed E-state index contributed by atoms with van der Waals surface area (Å²) in [5, 5.41) is 3.23. The summed E-state index contributed by atoms with van der Waals surface area (Å²) < 4.78 is 4.82. The molecule has 1 aromatic rings. The number of hydrogen-bond donors (Lipinski definition) is 1. The quantitative estimate of drug-likeness (QED) is 0.605. The molecule has 0 aliphatic heterocycles. The number of hydrogen-bond acceptors (Lipinski definition) is 4. The summed E-state index contributed by atoms with van der Waals surface area (Å²) in [6.07, 6.45) is 4.92. The Balaban J connectivity index is 2.65. The zero-order valence-corrected chi connectivity index (χ0v) is 12.0. The zero-order valence-electron chi connectivity index (χ0n) is 11.2. The number of carbonyl (C=O) groups excluding carboxylic acids is 1. The highest BCUT2D eigenvalue weighted by atomic mass is 32.2. The maximum absolute atomic E-state index is 11.7. The molecule has 0 saturated carbocycles. The van der Waals surface area contributed by atoms with E-state index >= 15 is 0 Å². The van der Waals surface area contributed by atoms with Crippen LogP contribution in [-0.4, -0.2) is 25.4 Å². The van der Waals surface area contributed by atoms with Gasteiger partial charge < -0.3 is 10.1 Å². The molecule has 3 nitrogen and oxygen atoms in total. The molecule has 1 N–H and O–H groups in total. The van der Waals surface area contributed by atoms with Crippen LogP contribution in [0.2, 0.25) is 0 Å². The van der Waals surface area contributed by atoms with E-state index in [1.54, 1.807) is 11.8 Å². The first-order valence-corrected chi connectivity index (χ1v) is 7.42. The second-order valence-corrected chi connectivity index (χ2v) is 4.97. The molecule has 0 aliphatic rings. The number of methoxy groups -OCH3 is 1. The number of thioether (sulfide) groups is 1. The summed E-state index contributed by atoms with van der Waals surface area (Å²) in [6.45, 7) is 2.11. The summed E-state index contributed by atoms with van der Waals surface area (Å²) in [5.74, 6) is -0.197. The SMILES string of the molecule is CCCCC(Nc1ccc(SC)cc1)C(=O)OC. The molecule has 0 bridgehead atoms. The Morgan fingerprint density at radius 1 is 1.39 bits per heavy atom. The Labute approximate surface area is 113 Å². The minimum atomic E-state index is -0.255. The van der Waals surface area contributed by atoms with Gasteiger partial charge in [-0.2, -0.15) is 0 Å². The van der Waals surface area contributed by atoms with Crippen molar-refractivity contribution in [1.82, 2.24) is 0 Å². The molecule has 1 rings (SSSR count). The number of benzene rings is 1. The van der Waals surface area contributed by atoms with E-state index < -0.39 is 0 Å². The van der Waals surface area contributed by atoms with Gasteiger partial charge in [-0.3, -0.25) is 0 Å². The highest BCUT2D eigenvalue weighted by Gasteiger charge is 2.17. The fourth-order valence-corrected chi connectivity index (χ4v) is 2.10. The molecule has 1 unspecified atom stereocenters. The second-order valence-electron chi connectivity index (χ2n) is 4.09. The highest BCUT2D eigenvalue weighted by molar-refractivity contribution is 7.98. The molecular formula is C14H21NO2S. The lowest BCUT2D eigenvalue weighted by atomic mass is 10.1. The lowest BCUT2D eigenvalue weighted by molar-refractivity contribution is -0.141. The molecule has 0 radical (unpaired) electrons. The van der Waals surface area contributed by atoms with Crippen molar-refractivity contribution in [2.45, 2.75) is 37.1 Å². The Morgan fingerprint density at radius 3 is 2.56 bits per heavy atom. The number of carbonyl (C=O) groups is 1. The molecule has 18 heavy (non-hydrogen) atoms. The van der Waals surface area contributed by atoms with Gasteiger partial charge in [-0.15, -0.1) is 11.8 Å². The number of anilines is 1. The predicted octanol–water partition coefficient (Wildman–Crippen LogP) is 3.55. The van der Waals surface area contributed by atoms with Gasteiger partial charge >= 0.3 is 5.97 Å². The standard InChI is InChI=1S/C14H21NO2S/c1-4-5-6-13(14(16)17-2)15-11-7-9-12(18-3)10-8-11/h7-10,13,15H,4-6H2,1-3H3. The van der Waals surface area contributed by atoms with Crippen LogP contribution in [0.5, 0.6) is 0 Å². The fourth-order valence-electron chi connectivity index (χ4n) is 1.69. The van der Waals surface area contributed by atoms with Gasteiger partial charge in [0.15, 0.2) is 0 Å². The Morgan fingerprint density at radius 2 is 2.06 bits per heavy atom. The number of nitrogens with one attached hydrogen (secondary N) is 1. The van der Waals surface area contributed by atoms with Crippen LogP contribution in [0, 0.1) is 0 Å². The first-order chi connectivity index (χ1) is 8.71. The summed E-state index contributed by atoms with van der Waals surface area (Å²) in [5.41, 5.74) is 0.958. The number of rotatable bonds is 7. The topological polar surface area (TPSA) is 38.3 Å². The highest BCUT2D eigenvalue weighted by Crippen LogP contribution is 2.19. The van der Waals surface area contributed by atoms with Crippen LogP contribution in [0.1, 0.15) is 26.2 Å². The van der Waals surface area contributed by atoms with E-state index in [9.17, 15) is 4.79 Å². The van der Waals surface area contributed by atoms with E-state index in [0.29, 0.717) is 0 Å². The van der Waals surface area contributed by atoms with Crippen LogP contribution in [0.4, 0.5) is 5.69 Å². The van der Waals surface area contributed by atoms with Crippen LogP contribution in [0.25, 0.3) is 0 Å². The third-order valence-corrected chi connectivity index (χ3v) is 3.51. The van der Waals surface area contributed by atoms with E-state index in [2.05, 4.69) is 12.2 Å². The molecule has 4 heteroatoms. The predicted molar refractivity (Wildman–Crippen MR) is 77.2 cm³/mol. The van der Waals surface area contributed by atoms with Crippen molar-refractivity contribution in [2.75, 3.05) is 18.7 Å². The molecular weight excluding hydrogens is 246 g/mol. The molecule has 0 aromatic heterocycles. The van der Waals surface area contributed by atoms with Crippen LogP contribution < -0.4 is 5.32 Å². The summed E-state index contributed by atoms with van der Waals surface area (Å²) in [4.78, 5) is 12.9. The number of esters is 1. The molecule has 1 aromatic carbocycles. The van der Waals surface area contributed by atoms with Crippen molar-refractivity contribution in [1.29, 1.82) is 0 Å². The fraction of sp³-hybridized carbons (Fsp3) is 0.500. The Bertz CT molecular complexity index is 365. The van der Waals surface area contributed by atoms with Gasteiger partial charge in [0.05, 0.1) is 7.11 Å². The summed E-state index contributed by atoms with van der Waals surface area (Å²) >= 11 is 1.70. The molecule has 0 heterocycles. The molecule has 100 valence electrons. The molecule has 0 aliphatic carbocycles. The van der Waals surface area contributed by atoms with Crippen molar-refractivity contribution in [3.8, 4) is 0 Å².